The quantitative estimate of drug-likeness (QED) is 0.409. The molecule has 3 aromatic rings. The van der Waals surface area contributed by atoms with Crippen LogP contribution in [-0.4, -0.2) is 61.1 Å². The second kappa shape index (κ2) is 12.3. The molecule has 8 heteroatoms. The van der Waals surface area contributed by atoms with Crippen molar-refractivity contribution in [1.29, 1.82) is 0 Å². The van der Waals surface area contributed by atoms with E-state index in [1.807, 2.05) is 54.6 Å². The third kappa shape index (κ3) is 6.19. The Bertz CT molecular complexity index is 1200. The highest BCUT2D eigenvalue weighted by Gasteiger charge is 2.35. The van der Waals surface area contributed by atoms with Crippen molar-refractivity contribution in [3.63, 3.8) is 0 Å². The average Bonchev–Trinajstić information content (AvgIpc) is 2.92. The van der Waals surface area contributed by atoms with Crippen LogP contribution in [-0.2, 0) is 22.5 Å². The Hall–Kier alpha value is -3.06. The molecule has 1 unspecified atom stereocenters. The number of hydrogen-bond donors (Lipinski definition) is 0. The molecule has 0 aromatic heterocycles. The standard InChI is InChI=1S/C28H28Cl2N2O4/c1-35-26-10-6-5-9-22(26)19-32(27(33)21-11-12-23(29)24(30)18-21)25(17-20-7-3-2-4-8-20)28(34)31-13-15-36-16-14-31/h2-12,18,25H,13-17,19H2,1H3. The van der Waals surface area contributed by atoms with Crippen LogP contribution in [0.3, 0.4) is 0 Å². The van der Waals surface area contributed by atoms with Crippen LogP contribution in [0.2, 0.25) is 10.0 Å². The van der Waals surface area contributed by atoms with E-state index in [4.69, 9.17) is 32.7 Å². The lowest BCUT2D eigenvalue weighted by molar-refractivity contribution is -0.140. The Balaban J connectivity index is 1.78. The SMILES string of the molecule is COc1ccccc1CN(C(=O)c1ccc(Cl)c(Cl)c1)C(Cc1ccccc1)C(=O)N1CCOCC1. The predicted molar refractivity (Wildman–Crippen MR) is 141 cm³/mol. The second-order valence-corrected chi connectivity index (χ2v) is 9.33. The molecule has 3 aromatic carbocycles. The molecule has 1 aliphatic heterocycles. The molecule has 2 amide bonds. The van der Waals surface area contributed by atoms with Gasteiger partial charge < -0.3 is 19.3 Å². The normalized spacial score (nSPS) is 14.2. The van der Waals surface area contributed by atoms with Crippen molar-refractivity contribution in [3.05, 3.63) is 99.5 Å². The van der Waals surface area contributed by atoms with E-state index < -0.39 is 6.04 Å². The number of halogens is 2. The number of ether oxygens (including phenoxy) is 2. The topological polar surface area (TPSA) is 59.1 Å². The maximum absolute atomic E-state index is 14.0. The summed E-state index contributed by atoms with van der Waals surface area (Å²) in [7, 11) is 1.59. The summed E-state index contributed by atoms with van der Waals surface area (Å²) in [5.41, 5.74) is 2.10. The molecular formula is C28H28Cl2N2O4. The molecule has 4 rings (SSSR count). The third-order valence-electron chi connectivity index (χ3n) is 6.22. The molecule has 6 nitrogen and oxygen atoms in total. The molecule has 1 heterocycles. The zero-order chi connectivity index (χ0) is 25.5. The van der Waals surface area contributed by atoms with Gasteiger partial charge in [0.15, 0.2) is 0 Å². The highest BCUT2D eigenvalue weighted by atomic mass is 35.5. The lowest BCUT2D eigenvalue weighted by atomic mass is 10.0. The van der Waals surface area contributed by atoms with Gasteiger partial charge in [-0.1, -0.05) is 71.7 Å². The lowest BCUT2D eigenvalue weighted by Gasteiger charge is -2.36. The molecule has 1 aliphatic rings. The number of carbonyl (C=O) groups is 2. The second-order valence-electron chi connectivity index (χ2n) is 8.52. The van der Waals surface area contributed by atoms with E-state index in [0.29, 0.717) is 49.1 Å². The zero-order valence-electron chi connectivity index (χ0n) is 20.0. The first-order valence-electron chi connectivity index (χ1n) is 11.8. The van der Waals surface area contributed by atoms with E-state index in [0.717, 1.165) is 11.1 Å². The summed E-state index contributed by atoms with van der Waals surface area (Å²) in [5.74, 6) is 0.203. The van der Waals surface area contributed by atoms with Crippen LogP contribution < -0.4 is 4.74 Å². The van der Waals surface area contributed by atoms with Gasteiger partial charge in [0.05, 0.1) is 36.9 Å². The van der Waals surface area contributed by atoms with E-state index in [9.17, 15) is 9.59 Å². The van der Waals surface area contributed by atoms with Gasteiger partial charge in [-0.3, -0.25) is 9.59 Å². The minimum atomic E-state index is -0.752. The van der Waals surface area contributed by atoms with E-state index in [-0.39, 0.29) is 23.4 Å². The van der Waals surface area contributed by atoms with Gasteiger partial charge in [0.25, 0.3) is 5.91 Å². The average molecular weight is 527 g/mol. The number of nitrogens with zero attached hydrogens (tertiary/aromatic N) is 2. The first-order valence-corrected chi connectivity index (χ1v) is 12.5. The number of morpholine rings is 1. The van der Waals surface area contributed by atoms with Crippen molar-refractivity contribution >= 4 is 35.0 Å². The zero-order valence-corrected chi connectivity index (χ0v) is 21.5. The van der Waals surface area contributed by atoms with Gasteiger partial charge >= 0.3 is 0 Å². The highest BCUT2D eigenvalue weighted by Crippen LogP contribution is 2.27. The summed E-state index contributed by atoms with van der Waals surface area (Å²) < 4.78 is 11.0. The van der Waals surface area contributed by atoms with Gasteiger partial charge in [-0.25, -0.2) is 0 Å². The molecule has 0 bridgehead atoms. The Morgan fingerprint density at radius 2 is 1.67 bits per heavy atom. The molecule has 188 valence electrons. The molecule has 0 saturated carbocycles. The smallest absolute Gasteiger partial charge is 0.254 e. The van der Waals surface area contributed by atoms with Crippen LogP contribution in [0.1, 0.15) is 21.5 Å². The summed E-state index contributed by atoms with van der Waals surface area (Å²) in [4.78, 5) is 31.3. The molecular weight excluding hydrogens is 499 g/mol. The fraction of sp³-hybridized carbons (Fsp3) is 0.286. The first-order chi connectivity index (χ1) is 17.5. The molecule has 1 fully saturated rings. The number of methoxy groups -OCH3 is 1. The minimum Gasteiger partial charge on any atom is -0.496 e. The number of para-hydroxylation sites is 1. The van der Waals surface area contributed by atoms with E-state index in [1.165, 1.54) is 0 Å². The van der Waals surface area contributed by atoms with E-state index in [1.54, 1.807) is 35.1 Å². The van der Waals surface area contributed by atoms with Crippen molar-refractivity contribution < 1.29 is 19.1 Å². The Labute approximate surface area is 221 Å². The van der Waals surface area contributed by atoms with Crippen LogP contribution in [0, 0.1) is 0 Å². The monoisotopic (exact) mass is 526 g/mol. The van der Waals surface area contributed by atoms with E-state index >= 15 is 0 Å². The third-order valence-corrected chi connectivity index (χ3v) is 6.96. The van der Waals surface area contributed by atoms with E-state index in [2.05, 4.69) is 0 Å². The van der Waals surface area contributed by atoms with Crippen molar-refractivity contribution in [2.45, 2.75) is 19.0 Å². The van der Waals surface area contributed by atoms with Crippen LogP contribution in [0.25, 0.3) is 0 Å². The summed E-state index contributed by atoms with van der Waals surface area (Å²) in [5, 5.41) is 0.633. The van der Waals surface area contributed by atoms with Crippen molar-refractivity contribution in [2.75, 3.05) is 33.4 Å². The van der Waals surface area contributed by atoms with Crippen LogP contribution >= 0.6 is 23.2 Å². The van der Waals surface area contributed by atoms with Gasteiger partial charge in [-0.05, 0) is 29.8 Å². The fourth-order valence-electron chi connectivity index (χ4n) is 4.30. The number of amides is 2. The summed E-state index contributed by atoms with van der Waals surface area (Å²) in [6.07, 6.45) is 0.360. The molecule has 0 spiro atoms. The minimum absolute atomic E-state index is 0.120. The molecule has 1 saturated heterocycles. The fourth-order valence-corrected chi connectivity index (χ4v) is 4.60. The number of hydrogen-bond acceptors (Lipinski definition) is 4. The van der Waals surface area contributed by atoms with Gasteiger partial charge in [-0.2, -0.15) is 0 Å². The van der Waals surface area contributed by atoms with Gasteiger partial charge in [-0.15, -0.1) is 0 Å². The highest BCUT2D eigenvalue weighted by molar-refractivity contribution is 6.42. The Morgan fingerprint density at radius 1 is 0.972 bits per heavy atom. The molecule has 0 aliphatic carbocycles. The van der Waals surface area contributed by atoms with Crippen molar-refractivity contribution in [1.82, 2.24) is 9.80 Å². The van der Waals surface area contributed by atoms with Crippen LogP contribution in [0.5, 0.6) is 5.75 Å². The lowest BCUT2D eigenvalue weighted by Crippen LogP contribution is -2.54. The van der Waals surface area contributed by atoms with Gasteiger partial charge in [0, 0.05) is 30.6 Å². The molecule has 0 radical (unpaired) electrons. The molecule has 1 atom stereocenters. The predicted octanol–water partition coefficient (Wildman–Crippen LogP) is 5.11. The maximum Gasteiger partial charge on any atom is 0.254 e. The largest absolute Gasteiger partial charge is 0.496 e. The summed E-state index contributed by atoms with van der Waals surface area (Å²) in [6, 6.07) is 21.2. The Kier molecular flexibility index (Phi) is 8.86. The maximum atomic E-state index is 14.0. The number of rotatable bonds is 8. The summed E-state index contributed by atoms with van der Waals surface area (Å²) in [6.45, 7) is 2.08. The van der Waals surface area contributed by atoms with Gasteiger partial charge in [0.1, 0.15) is 11.8 Å². The summed E-state index contributed by atoms with van der Waals surface area (Å²) >= 11 is 12.4. The number of carbonyl (C=O) groups excluding carboxylic acids is 2. The van der Waals surface area contributed by atoms with Crippen LogP contribution in [0.15, 0.2) is 72.8 Å². The molecule has 36 heavy (non-hydrogen) atoms. The molecule has 0 N–H and O–H groups in total. The van der Waals surface area contributed by atoms with Crippen molar-refractivity contribution in [3.8, 4) is 5.75 Å². The Morgan fingerprint density at radius 3 is 2.36 bits per heavy atom. The van der Waals surface area contributed by atoms with Crippen LogP contribution in [0.4, 0.5) is 0 Å². The number of benzene rings is 3. The van der Waals surface area contributed by atoms with Gasteiger partial charge in [0.2, 0.25) is 5.91 Å². The first kappa shape index (κ1) is 26.0. The van der Waals surface area contributed by atoms with Crippen molar-refractivity contribution in [2.24, 2.45) is 0 Å².